The third-order valence-corrected chi connectivity index (χ3v) is 8.67. The summed E-state index contributed by atoms with van der Waals surface area (Å²) in [5.74, 6) is 1.35. The lowest BCUT2D eigenvalue weighted by molar-refractivity contribution is 0.590. The minimum atomic E-state index is -0.381. The van der Waals surface area contributed by atoms with Crippen molar-refractivity contribution in [1.82, 2.24) is 39.5 Å². The van der Waals surface area contributed by atoms with E-state index in [1.165, 1.54) is 7.05 Å². The highest BCUT2D eigenvalue weighted by Gasteiger charge is 2.29. The summed E-state index contributed by atoms with van der Waals surface area (Å²) in [6.45, 7) is 32.5. The minimum Gasteiger partial charge on any atom is -0.333 e. The molecule has 324 valence electrons. The molecule has 0 aliphatic heterocycles. The zero-order valence-corrected chi connectivity index (χ0v) is 39.7. The maximum Gasteiger partial charge on any atom is 0.277 e. The predicted octanol–water partition coefficient (Wildman–Crippen LogP) is 10.6. The molecule has 11 heteroatoms. The molecule has 0 saturated heterocycles. The van der Waals surface area contributed by atoms with E-state index < -0.39 is 0 Å². The van der Waals surface area contributed by atoms with Crippen LogP contribution >= 0.6 is 0 Å². The normalized spacial score (nSPS) is 10.1. The van der Waals surface area contributed by atoms with Gasteiger partial charge >= 0.3 is 0 Å². The molecule has 0 aliphatic carbocycles. The zero-order valence-electron chi connectivity index (χ0n) is 39.7. The Morgan fingerprint density at radius 2 is 0.810 bits per heavy atom. The van der Waals surface area contributed by atoms with Crippen molar-refractivity contribution in [3.8, 4) is 0 Å². The van der Waals surface area contributed by atoms with E-state index in [4.69, 9.17) is 9.97 Å². The molecule has 0 bridgehead atoms. The fraction of sp³-hybridized carbons (Fsp3) is 0.532. The van der Waals surface area contributed by atoms with Crippen LogP contribution < -0.4 is 16.9 Å². The second-order valence-corrected chi connectivity index (χ2v) is 12.8. The van der Waals surface area contributed by atoms with Crippen molar-refractivity contribution in [2.45, 2.75) is 147 Å². The summed E-state index contributed by atoms with van der Waals surface area (Å²) < 4.78 is 3.26. The molecule has 2 aromatic carbocycles. The number of benzene rings is 2. The fourth-order valence-electron chi connectivity index (χ4n) is 5.88. The van der Waals surface area contributed by atoms with Crippen molar-refractivity contribution in [3.05, 3.63) is 116 Å². The largest absolute Gasteiger partial charge is 0.333 e. The molecule has 0 fully saturated rings. The third-order valence-electron chi connectivity index (χ3n) is 8.67. The number of aryl methyl sites for hydroxylation is 4. The van der Waals surface area contributed by atoms with Crippen LogP contribution in [-0.4, -0.2) is 46.5 Å². The molecule has 4 N–H and O–H groups in total. The van der Waals surface area contributed by atoms with Gasteiger partial charge in [-0.3, -0.25) is 19.0 Å². The number of rotatable bonds is 8. The first kappa shape index (κ1) is 55.2. The van der Waals surface area contributed by atoms with Gasteiger partial charge in [-0.25, -0.2) is 9.97 Å². The van der Waals surface area contributed by atoms with Gasteiger partial charge in [-0.2, -0.15) is 10.2 Å². The summed E-state index contributed by atoms with van der Waals surface area (Å²) in [5.41, 5.74) is 10.0. The second kappa shape index (κ2) is 28.5. The van der Waals surface area contributed by atoms with Crippen molar-refractivity contribution < 1.29 is 0 Å². The number of hydrogen-bond acceptors (Lipinski definition) is 7. The van der Waals surface area contributed by atoms with Crippen molar-refractivity contribution in [2.24, 2.45) is 19.8 Å². The topological polar surface area (TPSA) is 153 Å². The molecule has 0 saturated carbocycles. The van der Waals surface area contributed by atoms with Gasteiger partial charge in [0.25, 0.3) is 11.1 Å². The molecular weight excluding hydrogens is 723 g/mol. The molecule has 11 nitrogen and oxygen atoms in total. The van der Waals surface area contributed by atoms with Crippen LogP contribution in [0.2, 0.25) is 0 Å². The smallest absolute Gasteiger partial charge is 0.277 e. The standard InChI is InChI=1S/2C18H22N4O.5C2H6.CH5N/c2*1-5-9-13-14-15(22(4)21-13)16(23)20-17(19-14)18(2,3)12-10-7-6-8-11-12;6*1-2/h2*6-8,10-11H,5,9H2,1-4H3,(H,19,20,23);5*1-2H3;2H2,1H3. The van der Waals surface area contributed by atoms with Crippen LogP contribution in [0.3, 0.4) is 0 Å². The van der Waals surface area contributed by atoms with Crippen LogP contribution in [0.4, 0.5) is 0 Å². The lowest BCUT2D eigenvalue weighted by atomic mass is 9.83. The van der Waals surface area contributed by atoms with E-state index in [2.05, 4.69) is 91.7 Å². The average molecular weight is 802 g/mol. The Bertz CT molecular complexity index is 1940. The van der Waals surface area contributed by atoms with Crippen molar-refractivity contribution >= 4 is 22.1 Å². The summed E-state index contributed by atoms with van der Waals surface area (Å²) in [7, 11) is 5.08. The van der Waals surface area contributed by atoms with Crippen molar-refractivity contribution in [3.63, 3.8) is 0 Å². The average Bonchev–Trinajstić information content (AvgIpc) is 3.78. The number of nitrogens with two attached hydrogens (primary N) is 1. The van der Waals surface area contributed by atoms with E-state index in [0.717, 1.165) is 59.2 Å². The van der Waals surface area contributed by atoms with E-state index in [-0.39, 0.29) is 21.9 Å². The Kier molecular flexibility index (Phi) is 27.1. The lowest BCUT2D eigenvalue weighted by Gasteiger charge is -2.24. The Labute approximate surface area is 350 Å². The van der Waals surface area contributed by atoms with Crippen LogP contribution in [0.5, 0.6) is 0 Å². The van der Waals surface area contributed by atoms with Gasteiger partial charge in [0.05, 0.1) is 11.4 Å². The van der Waals surface area contributed by atoms with Gasteiger partial charge in [0.2, 0.25) is 0 Å². The van der Waals surface area contributed by atoms with Crippen molar-refractivity contribution in [2.75, 3.05) is 7.05 Å². The first-order chi connectivity index (χ1) is 27.9. The van der Waals surface area contributed by atoms with Gasteiger partial charge in [0, 0.05) is 24.9 Å². The van der Waals surface area contributed by atoms with Crippen LogP contribution in [-0.2, 0) is 37.8 Å². The molecule has 0 spiro atoms. The summed E-state index contributed by atoms with van der Waals surface area (Å²) in [4.78, 5) is 40.6. The Morgan fingerprint density at radius 3 is 1.07 bits per heavy atom. The molecule has 4 aromatic heterocycles. The van der Waals surface area contributed by atoms with E-state index in [1.54, 1.807) is 23.5 Å². The Balaban J connectivity index is 0. The second-order valence-electron chi connectivity index (χ2n) is 12.8. The van der Waals surface area contributed by atoms with Crippen LogP contribution in [0.1, 0.15) is 158 Å². The van der Waals surface area contributed by atoms with Gasteiger partial charge < -0.3 is 15.7 Å². The molecule has 0 radical (unpaired) electrons. The minimum absolute atomic E-state index is 0.133. The molecule has 0 atom stereocenters. The van der Waals surface area contributed by atoms with E-state index >= 15 is 0 Å². The SMILES string of the molecule is CC.CC.CC.CC.CC.CCCc1nn(C)c2c(=O)[nH]c(C(C)(C)c3ccccc3)nc12.CCCc1nn(C)c2c(=O)[nH]c(C(C)(C)c3ccccc3)nc12.CN. The van der Waals surface area contributed by atoms with Crippen molar-refractivity contribution in [1.29, 1.82) is 0 Å². The van der Waals surface area contributed by atoms with E-state index in [0.29, 0.717) is 22.7 Å². The highest BCUT2D eigenvalue weighted by atomic mass is 16.1. The van der Waals surface area contributed by atoms with Gasteiger partial charge in [-0.1, -0.05) is 157 Å². The molecule has 0 unspecified atom stereocenters. The van der Waals surface area contributed by atoms with Gasteiger partial charge in [0.15, 0.2) is 11.0 Å². The predicted molar refractivity (Wildman–Crippen MR) is 250 cm³/mol. The molecule has 6 aromatic rings. The molecular formula is C47H79N9O2. The molecule has 4 heterocycles. The number of nitrogens with zero attached hydrogens (tertiary/aromatic N) is 6. The van der Waals surface area contributed by atoms with Gasteiger partial charge in [0.1, 0.15) is 22.7 Å². The first-order valence-electron chi connectivity index (χ1n) is 21.5. The number of nitrogens with one attached hydrogen (secondary N) is 2. The van der Waals surface area contributed by atoms with Crippen LogP contribution in [0.15, 0.2) is 70.3 Å². The monoisotopic (exact) mass is 802 g/mol. The fourth-order valence-corrected chi connectivity index (χ4v) is 5.88. The summed E-state index contributed by atoms with van der Waals surface area (Å²) in [6, 6.07) is 20.2. The molecule has 6 rings (SSSR count). The molecule has 58 heavy (non-hydrogen) atoms. The Morgan fingerprint density at radius 1 is 0.534 bits per heavy atom. The Hall–Kier alpha value is -4.90. The number of aromatic nitrogens is 8. The number of hydrogen-bond donors (Lipinski definition) is 3. The van der Waals surface area contributed by atoms with Crippen LogP contribution in [0.25, 0.3) is 22.1 Å². The summed E-state index contributed by atoms with van der Waals surface area (Å²) in [5, 5.41) is 8.94. The summed E-state index contributed by atoms with van der Waals surface area (Å²) in [6.07, 6.45) is 3.58. The number of fused-ring (bicyclic) bond motifs is 2. The molecule has 0 aliphatic rings. The van der Waals surface area contributed by atoms with Crippen LogP contribution in [0, 0.1) is 0 Å². The quantitative estimate of drug-likeness (QED) is 0.138. The highest BCUT2D eigenvalue weighted by molar-refractivity contribution is 5.77. The van der Waals surface area contributed by atoms with Gasteiger partial charge in [-0.15, -0.1) is 0 Å². The maximum atomic E-state index is 12.6. The maximum absolute atomic E-state index is 12.6. The van der Waals surface area contributed by atoms with E-state index in [1.807, 2.05) is 106 Å². The molecule has 0 amide bonds. The van der Waals surface area contributed by atoms with Gasteiger partial charge in [-0.05, 0) is 58.7 Å². The summed E-state index contributed by atoms with van der Waals surface area (Å²) >= 11 is 0. The lowest BCUT2D eigenvalue weighted by Crippen LogP contribution is -2.26. The zero-order chi connectivity index (χ0) is 45.2. The van der Waals surface area contributed by atoms with E-state index in [9.17, 15) is 9.59 Å². The first-order valence-corrected chi connectivity index (χ1v) is 21.5. The highest BCUT2D eigenvalue weighted by Crippen LogP contribution is 2.30. The number of aromatic amines is 2. The number of H-pyrrole nitrogens is 2. The third kappa shape index (κ3) is 13.6.